The molecule has 0 aliphatic heterocycles. The Kier molecular flexibility index (Phi) is 4.67. The van der Waals surface area contributed by atoms with Gasteiger partial charge in [0.1, 0.15) is 11.6 Å². The van der Waals surface area contributed by atoms with Gasteiger partial charge in [-0.1, -0.05) is 13.8 Å². The van der Waals surface area contributed by atoms with Crippen molar-refractivity contribution in [3.05, 3.63) is 24.0 Å². The van der Waals surface area contributed by atoms with Gasteiger partial charge in [-0.25, -0.2) is 4.39 Å². The van der Waals surface area contributed by atoms with Crippen LogP contribution in [0.5, 0.6) is 5.75 Å². The van der Waals surface area contributed by atoms with E-state index in [9.17, 15) is 4.39 Å². The molecule has 19 heavy (non-hydrogen) atoms. The average molecular weight is 265 g/mol. The summed E-state index contributed by atoms with van der Waals surface area (Å²) in [7, 11) is 0. The standard InChI is InChI=1S/C16H24FNO/c1-4-19-16-10-13(17)5-6-15(16)18-14-8-11(2)7-12(3)9-14/h5-6,10-12,14,18H,4,7-9H2,1-3H3. The predicted octanol–water partition coefficient (Wildman–Crippen LogP) is 4.46. The van der Waals surface area contributed by atoms with Gasteiger partial charge in [0.15, 0.2) is 0 Å². The number of hydrogen-bond acceptors (Lipinski definition) is 2. The van der Waals surface area contributed by atoms with E-state index >= 15 is 0 Å². The number of hydrogen-bond donors (Lipinski definition) is 1. The van der Waals surface area contributed by atoms with E-state index in [1.807, 2.05) is 6.92 Å². The van der Waals surface area contributed by atoms with Crippen LogP contribution >= 0.6 is 0 Å². The number of halogens is 1. The Morgan fingerprint density at radius 3 is 2.53 bits per heavy atom. The molecule has 2 rings (SSSR count). The number of anilines is 1. The summed E-state index contributed by atoms with van der Waals surface area (Å²) in [4.78, 5) is 0. The second-order valence-corrected chi connectivity index (χ2v) is 5.83. The van der Waals surface area contributed by atoms with E-state index in [1.54, 1.807) is 6.07 Å². The maximum absolute atomic E-state index is 13.3. The first-order valence-corrected chi connectivity index (χ1v) is 7.27. The maximum atomic E-state index is 13.3. The van der Waals surface area contributed by atoms with Gasteiger partial charge in [-0.15, -0.1) is 0 Å². The summed E-state index contributed by atoms with van der Waals surface area (Å²) < 4.78 is 18.8. The number of nitrogens with one attached hydrogen (secondary N) is 1. The maximum Gasteiger partial charge on any atom is 0.145 e. The monoisotopic (exact) mass is 265 g/mol. The molecular formula is C16H24FNO. The Bertz CT molecular complexity index is 411. The van der Waals surface area contributed by atoms with E-state index < -0.39 is 0 Å². The molecule has 0 amide bonds. The van der Waals surface area contributed by atoms with Crippen LogP contribution in [-0.4, -0.2) is 12.6 Å². The van der Waals surface area contributed by atoms with Gasteiger partial charge in [0.25, 0.3) is 0 Å². The lowest BCUT2D eigenvalue weighted by molar-refractivity contribution is 0.279. The third-order valence-corrected chi connectivity index (χ3v) is 3.78. The van der Waals surface area contributed by atoms with Crippen LogP contribution in [0, 0.1) is 17.7 Å². The minimum atomic E-state index is -0.251. The molecule has 1 aliphatic rings. The first-order chi connectivity index (χ1) is 9.08. The van der Waals surface area contributed by atoms with E-state index in [0.717, 1.165) is 17.5 Å². The van der Waals surface area contributed by atoms with Gasteiger partial charge in [0.2, 0.25) is 0 Å². The minimum Gasteiger partial charge on any atom is -0.492 e. The van der Waals surface area contributed by atoms with Crippen molar-refractivity contribution in [2.24, 2.45) is 11.8 Å². The summed E-state index contributed by atoms with van der Waals surface area (Å²) in [6.45, 7) is 7.08. The van der Waals surface area contributed by atoms with Crippen LogP contribution < -0.4 is 10.1 Å². The highest BCUT2D eigenvalue weighted by molar-refractivity contribution is 5.57. The van der Waals surface area contributed by atoms with Gasteiger partial charge in [-0.2, -0.15) is 0 Å². The van der Waals surface area contributed by atoms with Gasteiger partial charge < -0.3 is 10.1 Å². The molecule has 1 aromatic carbocycles. The molecule has 2 unspecified atom stereocenters. The van der Waals surface area contributed by atoms with E-state index in [4.69, 9.17) is 4.74 Å². The van der Waals surface area contributed by atoms with Crippen molar-refractivity contribution < 1.29 is 9.13 Å². The van der Waals surface area contributed by atoms with Crippen molar-refractivity contribution in [1.29, 1.82) is 0 Å². The highest BCUT2D eigenvalue weighted by atomic mass is 19.1. The largest absolute Gasteiger partial charge is 0.492 e. The van der Waals surface area contributed by atoms with E-state index in [-0.39, 0.29) is 5.82 Å². The molecular weight excluding hydrogens is 241 g/mol. The van der Waals surface area contributed by atoms with Crippen LogP contribution in [0.4, 0.5) is 10.1 Å². The predicted molar refractivity (Wildman–Crippen MR) is 77.2 cm³/mol. The Morgan fingerprint density at radius 2 is 1.89 bits per heavy atom. The molecule has 1 fully saturated rings. The molecule has 106 valence electrons. The molecule has 0 saturated heterocycles. The molecule has 0 spiro atoms. The third kappa shape index (κ3) is 3.85. The SMILES string of the molecule is CCOc1cc(F)ccc1NC1CC(C)CC(C)C1. The van der Waals surface area contributed by atoms with Crippen molar-refractivity contribution in [2.75, 3.05) is 11.9 Å². The lowest BCUT2D eigenvalue weighted by atomic mass is 9.80. The second-order valence-electron chi connectivity index (χ2n) is 5.83. The highest BCUT2D eigenvalue weighted by Gasteiger charge is 2.24. The number of benzene rings is 1. The molecule has 0 heterocycles. The average Bonchev–Trinajstić information content (AvgIpc) is 2.32. The van der Waals surface area contributed by atoms with Crippen molar-refractivity contribution in [3.63, 3.8) is 0 Å². The quantitative estimate of drug-likeness (QED) is 0.867. The molecule has 1 N–H and O–H groups in total. The summed E-state index contributed by atoms with van der Waals surface area (Å²) in [6, 6.07) is 5.19. The molecule has 0 bridgehead atoms. The van der Waals surface area contributed by atoms with Crippen LogP contribution in [0.2, 0.25) is 0 Å². The summed E-state index contributed by atoms with van der Waals surface area (Å²) in [5, 5.41) is 3.53. The van der Waals surface area contributed by atoms with Crippen molar-refractivity contribution in [1.82, 2.24) is 0 Å². The molecule has 1 aliphatic carbocycles. The Balaban J connectivity index is 2.09. The van der Waals surface area contributed by atoms with Gasteiger partial charge in [0.05, 0.1) is 12.3 Å². The van der Waals surface area contributed by atoms with Crippen molar-refractivity contribution >= 4 is 5.69 Å². The van der Waals surface area contributed by atoms with Gasteiger partial charge >= 0.3 is 0 Å². The van der Waals surface area contributed by atoms with Gasteiger partial charge in [-0.3, -0.25) is 0 Å². The zero-order valence-electron chi connectivity index (χ0n) is 12.1. The van der Waals surface area contributed by atoms with Gasteiger partial charge in [-0.05, 0) is 50.2 Å². The minimum absolute atomic E-state index is 0.251. The Hall–Kier alpha value is -1.25. The van der Waals surface area contributed by atoms with Crippen molar-refractivity contribution in [3.8, 4) is 5.75 Å². The van der Waals surface area contributed by atoms with E-state index in [0.29, 0.717) is 18.4 Å². The fourth-order valence-electron chi connectivity index (χ4n) is 3.18. The molecule has 2 nitrogen and oxygen atoms in total. The first-order valence-electron chi connectivity index (χ1n) is 7.27. The molecule has 0 radical (unpaired) electrons. The number of ether oxygens (including phenoxy) is 1. The fraction of sp³-hybridized carbons (Fsp3) is 0.625. The molecule has 2 atom stereocenters. The first kappa shape index (κ1) is 14.2. The topological polar surface area (TPSA) is 21.3 Å². The zero-order chi connectivity index (χ0) is 13.8. The third-order valence-electron chi connectivity index (χ3n) is 3.78. The van der Waals surface area contributed by atoms with Crippen LogP contribution in [-0.2, 0) is 0 Å². The van der Waals surface area contributed by atoms with E-state index in [2.05, 4.69) is 19.2 Å². The fourth-order valence-corrected chi connectivity index (χ4v) is 3.18. The molecule has 0 aromatic heterocycles. The van der Waals surface area contributed by atoms with Crippen molar-refractivity contribution in [2.45, 2.75) is 46.1 Å². The normalized spacial score (nSPS) is 27.1. The number of rotatable bonds is 4. The summed E-state index contributed by atoms with van der Waals surface area (Å²) in [6.07, 6.45) is 3.65. The Labute approximate surface area is 115 Å². The second kappa shape index (κ2) is 6.27. The molecule has 3 heteroatoms. The van der Waals surface area contributed by atoms with Crippen LogP contribution in [0.1, 0.15) is 40.0 Å². The summed E-state index contributed by atoms with van der Waals surface area (Å²) >= 11 is 0. The molecule has 1 aromatic rings. The molecule has 1 saturated carbocycles. The van der Waals surface area contributed by atoms with Crippen LogP contribution in [0.15, 0.2) is 18.2 Å². The summed E-state index contributed by atoms with van der Waals surface area (Å²) in [5.74, 6) is 1.86. The highest BCUT2D eigenvalue weighted by Crippen LogP contribution is 2.33. The Morgan fingerprint density at radius 1 is 1.21 bits per heavy atom. The lowest BCUT2D eigenvalue weighted by Gasteiger charge is -2.33. The lowest BCUT2D eigenvalue weighted by Crippen LogP contribution is -2.30. The van der Waals surface area contributed by atoms with Gasteiger partial charge in [0, 0.05) is 12.1 Å². The van der Waals surface area contributed by atoms with Crippen LogP contribution in [0.3, 0.4) is 0 Å². The van der Waals surface area contributed by atoms with E-state index in [1.165, 1.54) is 31.4 Å². The van der Waals surface area contributed by atoms with Crippen LogP contribution in [0.25, 0.3) is 0 Å². The zero-order valence-corrected chi connectivity index (χ0v) is 12.1. The smallest absolute Gasteiger partial charge is 0.145 e. The summed E-state index contributed by atoms with van der Waals surface area (Å²) in [5.41, 5.74) is 0.912.